The Kier molecular flexibility index (Phi) is 3.78. The normalized spacial score (nSPS) is 12.8. The summed E-state index contributed by atoms with van der Waals surface area (Å²) in [6.45, 7) is 2.11. The van der Waals surface area contributed by atoms with Crippen molar-refractivity contribution in [2.45, 2.75) is 17.1 Å². The Morgan fingerprint density at radius 3 is 3.08 bits per heavy atom. The van der Waals surface area contributed by atoms with Crippen molar-refractivity contribution in [2.24, 2.45) is 0 Å². The third-order valence-corrected chi connectivity index (χ3v) is 3.37. The molecule has 0 spiro atoms. The second kappa shape index (κ2) is 4.64. The van der Waals surface area contributed by atoms with Gasteiger partial charge in [-0.25, -0.2) is 0 Å². The van der Waals surface area contributed by atoms with E-state index in [4.69, 9.17) is 5.11 Å². The molecule has 12 heavy (non-hydrogen) atoms. The predicted molar refractivity (Wildman–Crippen MR) is 52.1 cm³/mol. The van der Waals surface area contributed by atoms with E-state index in [0.717, 1.165) is 16.1 Å². The van der Waals surface area contributed by atoms with Gasteiger partial charge in [0.25, 0.3) is 0 Å². The topological polar surface area (TPSA) is 37.3 Å². The zero-order valence-electron chi connectivity index (χ0n) is 6.69. The predicted octanol–water partition coefficient (Wildman–Crippen LogP) is 2.03. The van der Waals surface area contributed by atoms with Crippen LogP contribution in [0.3, 0.4) is 0 Å². The molecule has 0 bridgehead atoms. The number of thiophene rings is 1. The molecule has 1 aromatic rings. The number of carbonyl (C=O) groups excluding carboxylic acids is 1. The summed E-state index contributed by atoms with van der Waals surface area (Å²) in [6.07, 6.45) is 0.846. The smallest absolute Gasteiger partial charge is 0.160 e. The Morgan fingerprint density at radius 1 is 1.83 bits per heavy atom. The van der Waals surface area contributed by atoms with Crippen molar-refractivity contribution >= 4 is 29.4 Å². The fourth-order valence-electron chi connectivity index (χ4n) is 0.728. The minimum Gasteiger partial charge on any atom is -0.395 e. The first kappa shape index (κ1) is 9.77. The molecule has 0 amide bonds. The molecule has 0 aliphatic rings. The van der Waals surface area contributed by atoms with Gasteiger partial charge < -0.3 is 5.11 Å². The fraction of sp³-hybridized carbons (Fsp3) is 0.375. The second-order valence-corrected chi connectivity index (χ2v) is 4.87. The van der Waals surface area contributed by atoms with Crippen molar-refractivity contribution in [3.63, 3.8) is 0 Å². The van der Waals surface area contributed by atoms with Gasteiger partial charge in [-0.1, -0.05) is 6.92 Å². The highest BCUT2D eigenvalue weighted by Crippen LogP contribution is 2.27. The standard InChI is InChI=1S/C8H10O2S2/c1-6(3-9)12-8-2-7(4-10)11-5-8/h2,4-6,9H,3H2,1H3. The summed E-state index contributed by atoms with van der Waals surface area (Å²) in [6, 6.07) is 1.84. The average molecular weight is 202 g/mol. The lowest BCUT2D eigenvalue weighted by molar-refractivity contribution is 0.112. The van der Waals surface area contributed by atoms with Crippen LogP contribution in [0.15, 0.2) is 16.3 Å². The molecule has 66 valence electrons. The minimum absolute atomic E-state index is 0.164. The largest absolute Gasteiger partial charge is 0.395 e. The highest BCUT2D eigenvalue weighted by molar-refractivity contribution is 8.00. The quantitative estimate of drug-likeness (QED) is 0.599. The Bertz CT molecular complexity index is 257. The molecule has 0 aliphatic carbocycles. The first-order chi connectivity index (χ1) is 5.76. The van der Waals surface area contributed by atoms with Gasteiger partial charge in [0.1, 0.15) is 0 Å². The van der Waals surface area contributed by atoms with E-state index < -0.39 is 0 Å². The molecular formula is C8H10O2S2. The van der Waals surface area contributed by atoms with Crippen molar-refractivity contribution in [2.75, 3.05) is 6.61 Å². The lowest BCUT2D eigenvalue weighted by Crippen LogP contribution is -2.00. The highest BCUT2D eigenvalue weighted by Gasteiger charge is 2.04. The van der Waals surface area contributed by atoms with E-state index in [-0.39, 0.29) is 11.9 Å². The second-order valence-electron chi connectivity index (χ2n) is 2.41. The molecular weight excluding hydrogens is 192 g/mol. The van der Waals surface area contributed by atoms with Gasteiger partial charge in [0.2, 0.25) is 0 Å². The van der Waals surface area contributed by atoms with Gasteiger partial charge in [0.15, 0.2) is 6.29 Å². The van der Waals surface area contributed by atoms with E-state index in [1.807, 2.05) is 18.4 Å². The van der Waals surface area contributed by atoms with Crippen LogP contribution in [-0.4, -0.2) is 23.2 Å². The zero-order valence-corrected chi connectivity index (χ0v) is 8.32. The van der Waals surface area contributed by atoms with Gasteiger partial charge in [0, 0.05) is 15.5 Å². The van der Waals surface area contributed by atoms with Crippen molar-refractivity contribution in [3.8, 4) is 0 Å². The summed E-state index contributed by atoms with van der Waals surface area (Å²) < 4.78 is 0. The van der Waals surface area contributed by atoms with Crippen LogP contribution in [0.1, 0.15) is 16.6 Å². The van der Waals surface area contributed by atoms with E-state index in [1.54, 1.807) is 11.8 Å². The van der Waals surface area contributed by atoms with Crippen LogP contribution in [-0.2, 0) is 0 Å². The first-order valence-electron chi connectivity index (χ1n) is 3.57. The molecule has 0 aromatic carbocycles. The maximum atomic E-state index is 10.3. The molecule has 0 aliphatic heterocycles. The molecule has 1 atom stereocenters. The van der Waals surface area contributed by atoms with Crippen LogP contribution in [0.2, 0.25) is 0 Å². The van der Waals surface area contributed by atoms with Crippen LogP contribution < -0.4 is 0 Å². The Labute approximate surface area is 79.6 Å². The molecule has 1 N–H and O–H groups in total. The number of carbonyl (C=O) groups is 1. The zero-order chi connectivity index (χ0) is 8.97. The minimum atomic E-state index is 0.164. The number of rotatable bonds is 4. The summed E-state index contributed by atoms with van der Waals surface area (Å²) in [5.41, 5.74) is 0. The molecule has 0 radical (unpaired) electrons. The SMILES string of the molecule is CC(CO)Sc1csc(C=O)c1. The molecule has 0 saturated carbocycles. The van der Waals surface area contributed by atoms with Gasteiger partial charge in [-0.05, 0) is 6.07 Å². The lowest BCUT2D eigenvalue weighted by Gasteiger charge is -2.03. The molecule has 4 heteroatoms. The number of thioether (sulfide) groups is 1. The average Bonchev–Trinajstić information content (AvgIpc) is 2.52. The van der Waals surface area contributed by atoms with Gasteiger partial charge in [-0.3, -0.25) is 4.79 Å². The Balaban J connectivity index is 2.57. The van der Waals surface area contributed by atoms with E-state index in [2.05, 4.69) is 0 Å². The summed E-state index contributed by atoms with van der Waals surface area (Å²) in [7, 11) is 0. The Hall–Kier alpha value is -0.320. The Morgan fingerprint density at radius 2 is 2.58 bits per heavy atom. The number of hydrogen-bond acceptors (Lipinski definition) is 4. The van der Waals surface area contributed by atoms with Crippen molar-refractivity contribution in [1.82, 2.24) is 0 Å². The van der Waals surface area contributed by atoms with Gasteiger partial charge in [-0.2, -0.15) is 0 Å². The van der Waals surface area contributed by atoms with E-state index in [1.165, 1.54) is 11.3 Å². The van der Waals surface area contributed by atoms with E-state index in [9.17, 15) is 4.79 Å². The van der Waals surface area contributed by atoms with Gasteiger partial charge >= 0.3 is 0 Å². The fourth-order valence-corrected chi connectivity index (χ4v) is 2.47. The summed E-state index contributed by atoms with van der Waals surface area (Å²) in [5, 5.41) is 10.9. The van der Waals surface area contributed by atoms with E-state index >= 15 is 0 Å². The number of aldehydes is 1. The molecule has 2 nitrogen and oxygen atoms in total. The molecule has 0 saturated heterocycles. The van der Waals surface area contributed by atoms with Crippen LogP contribution in [0.4, 0.5) is 0 Å². The summed E-state index contributed by atoms with van der Waals surface area (Å²) >= 11 is 3.01. The van der Waals surface area contributed by atoms with Crippen LogP contribution in [0.25, 0.3) is 0 Å². The third-order valence-electron chi connectivity index (χ3n) is 1.31. The van der Waals surface area contributed by atoms with Crippen LogP contribution in [0.5, 0.6) is 0 Å². The van der Waals surface area contributed by atoms with Gasteiger partial charge in [-0.15, -0.1) is 23.1 Å². The summed E-state index contributed by atoms with van der Waals surface area (Å²) in [5.74, 6) is 0. The van der Waals surface area contributed by atoms with Gasteiger partial charge in [0.05, 0.1) is 11.5 Å². The van der Waals surface area contributed by atoms with Crippen molar-refractivity contribution in [3.05, 3.63) is 16.3 Å². The van der Waals surface area contributed by atoms with E-state index in [0.29, 0.717) is 0 Å². The van der Waals surface area contributed by atoms with Crippen LogP contribution in [0, 0.1) is 0 Å². The third kappa shape index (κ3) is 2.62. The molecule has 1 rings (SSSR count). The van der Waals surface area contributed by atoms with Crippen LogP contribution >= 0.6 is 23.1 Å². The monoisotopic (exact) mass is 202 g/mol. The highest BCUT2D eigenvalue weighted by atomic mass is 32.2. The van der Waals surface area contributed by atoms with Crippen molar-refractivity contribution < 1.29 is 9.90 Å². The number of hydrogen-bond donors (Lipinski definition) is 1. The molecule has 1 aromatic heterocycles. The number of aliphatic hydroxyl groups is 1. The maximum Gasteiger partial charge on any atom is 0.160 e. The molecule has 0 fully saturated rings. The number of aliphatic hydroxyl groups excluding tert-OH is 1. The summed E-state index contributed by atoms with van der Waals surface area (Å²) in [4.78, 5) is 12.1. The maximum absolute atomic E-state index is 10.3. The van der Waals surface area contributed by atoms with Crippen molar-refractivity contribution in [1.29, 1.82) is 0 Å². The molecule has 1 heterocycles. The lowest BCUT2D eigenvalue weighted by atomic mass is 10.5. The first-order valence-corrected chi connectivity index (χ1v) is 5.33. The molecule has 1 unspecified atom stereocenters.